The first-order chi connectivity index (χ1) is 10.6. The summed E-state index contributed by atoms with van der Waals surface area (Å²) in [5.41, 5.74) is 1.20. The lowest BCUT2D eigenvalue weighted by molar-refractivity contribution is 0.0417. The van der Waals surface area contributed by atoms with Crippen LogP contribution >= 0.6 is 0 Å². The lowest BCUT2D eigenvalue weighted by Crippen LogP contribution is -2.53. The normalized spacial score (nSPS) is 24.2. The molecule has 2 heterocycles. The molecule has 1 fully saturated rings. The number of fused-ring (bicyclic) bond motifs is 1. The Bertz CT molecular complexity index is 507. The molecule has 0 spiro atoms. The van der Waals surface area contributed by atoms with Crippen LogP contribution in [0.25, 0.3) is 0 Å². The van der Waals surface area contributed by atoms with E-state index < -0.39 is 0 Å². The summed E-state index contributed by atoms with van der Waals surface area (Å²) in [5, 5.41) is 9.57. The summed E-state index contributed by atoms with van der Waals surface area (Å²) in [6, 6.07) is 6.59. The van der Waals surface area contributed by atoms with Gasteiger partial charge in [0.15, 0.2) is 11.5 Å². The van der Waals surface area contributed by atoms with E-state index in [1.807, 2.05) is 19.1 Å². The van der Waals surface area contributed by atoms with Crippen LogP contribution in [0.1, 0.15) is 19.4 Å². The Balaban J connectivity index is 1.63. The molecule has 2 aliphatic heterocycles. The van der Waals surface area contributed by atoms with Crippen molar-refractivity contribution in [2.45, 2.75) is 32.5 Å². The van der Waals surface area contributed by atoms with Crippen molar-refractivity contribution in [2.75, 3.05) is 39.4 Å². The van der Waals surface area contributed by atoms with E-state index in [0.29, 0.717) is 19.3 Å². The maximum atomic E-state index is 9.57. The maximum absolute atomic E-state index is 9.57. The van der Waals surface area contributed by atoms with Crippen molar-refractivity contribution >= 4 is 0 Å². The molecule has 0 bridgehead atoms. The average Bonchev–Trinajstić information content (AvgIpc) is 2.50. The molecular weight excluding hydrogens is 280 g/mol. The fourth-order valence-electron chi connectivity index (χ4n) is 3.32. The van der Waals surface area contributed by atoms with E-state index in [-0.39, 0.29) is 6.10 Å². The van der Waals surface area contributed by atoms with Gasteiger partial charge in [0.25, 0.3) is 0 Å². The molecule has 1 saturated heterocycles. The van der Waals surface area contributed by atoms with Crippen LogP contribution in [0.15, 0.2) is 18.2 Å². The van der Waals surface area contributed by atoms with Crippen LogP contribution in [0.4, 0.5) is 0 Å². The van der Waals surface area contributed by atoms with Crippen LogP contribution in [0, 0.1) is 0 Å². The van der Waals surface area contributed by atoms with Gasteiger partial charge in [-0.25, -0.2) is 0 Å². The van der Waals surface area contributed by atoms with Crippen molar-refractivity contribution in [1.82, 2.24) is 9.80 Å². The molecule has 5 heteroatoms. The lowest BCUT2D eigenvalue weighted by Gasteiger charge is -2.40. The van der Waals surface area contributed by atoms with Crippen molar-refractivity contribution in [2.24, 2.45) is 0 Å². The van der Waals surface area contributed by atoms with E-state index in [0.717, 1.165) is 44.2 Å². The third-order valence-corrected chi connectivity index (χ3v) is 4.39. The highest BCUT2D eigenvalue weighted by molar-refractivity contribution is 5.47. The van der Waals surface area contributed by atoms with Crippen molar-refractivity contribution in [3.63, 3.8) is 0 Å². The molecule has 0 aromatic heterocycles. The number of ether oxygens (including phenoxy) is 2. The zero-order valence-electron chi connectivity index (χ0n) is 13.5. The van der Waals surface area contributed by atoms with Gasteiger partial charge in [-0.05, 0) is 19.9 Å². The van der Waals surface area contributed by atoms with Gasteiger partial charge >= 0.3 is 0 Å². The predicted octanol–water partition coefficient (Wildman–Crippen LogP) is 1.34. The average molecular weight is 306 g/mol. The van der Waals surface area contributed by atoms with Crippen LogP contribution in [-0.2, 0) is 6.54 Å². The highest BCUT2D eigenvalue weighted by atomic mass is 16.6. The second-order valence-corrected chi connectivity index (χ2v) is 6.37. The molecule has 0 aliphatic carbocycles. The van der Waals surface area contributed by atoms with E-state index >= 15 is 0 Å². The van der Waals surface area contributed by atoms with Crippen LogP contribution in [0.3, 0.4) is 0 Å². The van der Waals surface area contributed by atoms with E-state index in [1.54, 1.807) is 0 Å². The Labute approximate surface area is 132 Å². The molecule has 2 atom stereocenters. The van der Waals surface area contributed by atoms with E-state index in [9.17, 15) is 5.11 Å². The third kappa shape index (κ3) is 3.54. The molecule has 2 unspecified atom stereocenters. The number of aliphatic hydroxyl groups excluding tert-OH is 1. The van der Waals surface area contributed by atoms with Crippen molar-refractivity contribution in [1.29, 1.82) is 0 Å². The molecule has 0 saturated carbocycles. The van der Waals surface area contributed by atoms with Gasteiger partial charge in [-0.15, -0.1) is 0 Å². The van der Waals surface area contributed by atoms with Crippen molar-refractivity contribution in [3.05, 3.63) is 23.8 Å². The Morgan fingerprint density at radius 1 is 1.27 bits per heavy atom. The molecule has 0 radical (unpaired) electrons. The molecule has 1 aromatic rings. The number of rotatable bonds is 4. The number of para-hydroxylation sites is 1. The third-order valence-electron chi connectivity index (χ3n) is 4.39. The summed E-state index contributed by atoms with van der Waals surface area (Å²) >= 11 is 0. The fourth-order valence-corrected chi connectivity index (χ4v) is 3.32. The summed E-state index contributed by atoms with van der Waals surface area (Å²) < 4.78 is 11.5. The second kappa shape index (κ2) is 6.86. The number of nitrogens with zero attached hydrogens (tertiary/aromatic N) is 2. The molecule has 2 aliphatic rings. The first-order valence-corrected chi connectivity index (χ1v) is 8.15. The second-order valence-electron chi connectivity index (χ2n) is 6.37. The standard InChI is InChI=1S/C17H26N2O3/c1-13-10-18(6-7-19(13)11-14(2)20)12-15-4-3-5-16-17(15)22-9-8-21-16/h3-5,13-14,20H,6-12H2,1-2H3. The number of aliphatic hydroxyl groups is 1. The van der Waals surface area contributed by atoms with Gasteiger partial charge in [0.05, 0.1) is 6.10 Å². The first-order valence-electron chi connectivity index (χ1n) is 8.15. The number of piperazine rings is 1. The fraction of sp³-hybridized carbons (Fsp3) is 0.647. The van der Waals surface area contributed by atoms with Gasteiger partial charge in [-0.3, -0.25) is 9.80 Å². The van der Waals surface area contributed by atoms with Gasteiger partial charge < -0.3 is 14.6 Å². The highest BCUT2D eigenvalue weighted by Gasteiger charge is 2.25. The Hall–Kier alpha value is -1.30. The minimum absolute atomic E-state index is 0.263. The molecule has 3 rings (SSSR count). The first kappa shape index (κ1) is 15.6. The SMILES string of the molecule is CC(O)CN1CCN(Cc2cccc3c2OCCO3)CC1C. The molecule has 122 valence electrons. The number of hydrogen-bond acceptors (Lipinski definition) is 5. The maximum Gasteiger partial charge on any atom is 0.165 e. The Kier molecular flexibility index (Phi) is 4.86. The van der Waals surface area contributed by atoms with Crippen LogP contribution in [0.2, 0.25) is 0 Å². The molecular formula is C17H26N2O3. The van der Waals surface area contributed by atoms with Crippen molar-refractivity contribution in [3.8, 4) is 11.5 Å². The topological polar surface area (TPSA) is 45.2 Å². The van der Waals surface area contributed by atoms with E-state index in [2.05, 4.69) is 22.8 Å². The van der Waals surface area contributed by atoms with Gasteiger partial charge in [-0.1, -0.05) is 12.1 Å². The molecule has 1 aromatic carbocycles. The highest BCUT2D eigenvalue weighted by Crippen LogP contribution is 2.34. The van der Waals surface area contributed by atoms with Crippen LogP contribution < -0.4 is 9.47 Å². The summed E-state index contributed by atoms with van der Waals surface area (Å²) in [5.74, 6) is 1.78. The molecule has 22 heavy (non-hydrogen) atoms. The lowest BCUT2D eigenvalue weighted by atomic mass is 10.1. The Morgan fingerprint density at radius 2 is 2.09 bits per heavy atom. The summed E-state index contributed by atoms with van der Waals surface area (Å²) in [6.45, 7) is 10.0. The monoisotopic (exact) mass is 306 g/mol. The molecule has 0 amide bonds. The van der Waals surface area contributed by atoms with E-state index in [4.69, 9.17) is 9.47 Å². The minimum atomic E-state index is -0.263. The number of β-amino-alcohol motifs (C(OH)–C–C–N with tert-alkyl or cyclic N) is 1. The summed E-state index contributed by atoms with van der Waals surface area (Å²) in [6.07, 6.45) is -0.263. The molecule has 5 nitrogen and oxygen atoms in total. The Morgan fingerprint density at radius 3 is 2.86 bits per heavy atom. The van der Waals surface area contributed by atoms with Crippen LogP contribution in [-0.4, -0.2) is 66.4 Å². The van der Waals surface area contributed by atoms with Gasteiger partial charge in [0.1, 0.15) is 13.2 Å². The predicted molar refractivity (Wildman–Crippen MR) is 85.4 cm³/mol. The van der Waals surface area contributed by atoms with Gasteiger partial charge in [0, 0.05) is 44.3 Å². The van der Waals surface area contributed by atoms with E-state index in [1.165, 1.54) is 5.56 Å². The van der Waals surface area contributed by atoms with Crippen LogP contribution in [0.5, 0.6) is 11.5 Å². The zero-order chi connectivity index (χ0) is 15.5. The number of hydrogen-bond donors (Lipinski definition) is 1. The minimum Gasteiger partial charge on any atom is -0.486 e. The van der Waals surface area contributed by atoms with Gasteiger partial charge in [0.2, 0.25) is 0 Å². The van der Waals surface area contributed by atoms with Gasteiger partial charge in [-0.2, -0.15) is 0 Å². The largest absolute Gasteiger partial charge is 0.486 e. The summed E-state index contributed by atoms with van der Waals surface area (Å²) in [4.78, 5) is 4.82. The zero-order valence-corrected chi connectivity index (χ0v) is 13.5. The number of benzene rings is 1. The quantitative estimate of drug-likeness (QED) is 0.910. The smallest absolute Gasteiger partial charge is 0.165 e. The molecule has 1 N–H and O–H groups in total. The van der Waals surface area contributed by atoms with Crippen molar-refractivity contribution < 1.29 is 14.6 Å². The summed E-state index contributed by atoms with van der Waals surface area (Å²) in [7, 11) is 0.